The van der Waals surface area contributed by atoms with Crippen LogP contribution in [-0.4, -0.2) is 22.2 Å². The van der Waals surface area contributed by atoms with E-state index in [1.807, 2.05) is 0 Å². The van der Waals surface area contributed by atoms with Gasteiger partial charge in [-0.15, -0.1) is 0 Å². The zero-order valence-electron chi connectivity index (χ0n) is 6.44. The summed E-state index contributed by atoms with van der Waals surface area (Å²) < 4.78 is 0. The Balaban J connectivity index is 3.84. The molecule has 4 heteroatoms. The first-order valence-corrected chi connectivity index (χ1v) is 3.25. The zero-order chi connectivity index (χ0) is 9.02. The molecule has 2 N–H and O–H groups in total. The van der Waals surface area contributed by atoms with Crippen LogP contribution in [0.25, 0.3) is 0 Å². The van der Waals surface area contributed by atoms with Crippen LogP contribution >= 0.6 is 0 Å². The van der Waals surface area contributed by atoms with E-state index in [-0.39, 0.29) is 0 Å². The first kappa shape index (κ1) is 9.94. The van der Waals surface area contributed by atoms with Crippen LogP contribution in [0.15, 0.2) is 0 Å². The van der Waals surface area contributed by atoms with Crippen molar-refractivity contribution in [2.75, 3.05) is 0 Å². The Morgan fingerprint density at radius 2 is 1.36 bits per heavy atom. The van der Waals surface area contributed by atoms with Gasteiger partial charge in [0.1, 0.15) is 0 Å². The Morgan fingerprint density at radius 1 is 1.09 bits per heavy atom. The maximum Gasteiger partial charge on any atom is 0.306 e. The van der Waals surface area contributed by atoms with Gasteiger partial charge >= 0.3 is 11.9 Å². The third-order valence-corrected chi connectivity index (χ3v) is 1.36. The summed E-state index contributed by atoms with van der Waals surface area (Å²) in [7, 11) is 0. The molecule has 0 aliphatic heterocycles. The summed E-state index contributed by atoms with van der Waals surface area (Å²) in [6, 6.07) is 0. The normalized spacial score (nSPS) is 15.5. The van der Waals surface area contributed by atoms with E-state index in [0.717, 1.165) is 0 Å². The van der Waals surface area contributed by atoms with E-state index in [2.05, 4.69) is 0 Å². The third-order valence-electron chi connectivity index (χ3n) is 1.36. The highest BCUT2D eigenvalue weighted by Gasteiger charge is 2.19. The fraction of sp³-hybridized carbons (Fsp3) is 0.571. The van der Waals surface area contributed by atoms with Crippen LogP contribution in [-0.2, 0) is 9.59 Å². The van der Waals surface area contributed by atoms with Gasteiger partial charge in [-0.05, 0) is 6.42 Å². The molecule has 0 aromatic carbocycles. The molecule has 0 amide bonds. The highest BCUT2D eigenvalue weighted by molar-refractivity contribution is 5.75. The molecular weight excluding hydrogens is 148 g/mol. The zero-order valence-corrected chi connectivity index (χ0v) is 6.44. The molecule has 0 saturated heterocycles. The van der Waals surface area contributed by atoms with Gasteiger partial charge in [-0.3, -0.25) is 9.59 Å². The fourth-order valence-corrected chi connectivity index (χ4v) is 0.598. The monoisotopic (exact) mass is 159 g/mol. The molecule has 4 nitrogen and oxygen atoms in total. The van der Waals surface area contributed by atoms with Crippen molar-refractivity contribution in [3.63, 3.8) is 0 Å². The maximum absolute atomic E-state index is 10.2. The SMILES string of the molecule is CC([CH]C(C)C(=O)O)C(=O)O. The predicted molar refractivity (Wildman–Crippen MR) is 37.9 cm³/mol. The molecule has 0 aliphatic rings. The van der Waals surface area contributed by atoms with Crippen LogP contribution in [0.4, 0.5) is 0 Å². The van der Waals surface area contributed by atoms with Crippen LogP contribution in [0.1, 0.15) is 13.8 Å². The molecule has 0 heterocycles. The van der Waals surface area contributed by atoms with E-state index in [1.165, 1.54) is 20.3 Å². The second kappa shape index (κ2) is 3.95. The highest BCUT2D eigenvalue weighted by atomic mass is 16.4. The Labute approximate surface area is 64.8 Å². The number of hydrogen-bond acceptors (Lipinski definition) is 2. The second-order valence-corrected chi connectivity index (χ2v) is 2.45. The molecule has 0 spiro atoms. The lowest BCUT2D eigenvalue weighted by atomic mass is 9.98. The van der Waals surface area contributed by atoms with E-state index < -0.39 is 23.8 Å². The Hall–Kier alpha value is -1.06. The number of aliphatic carboxylic acids is 2. The van der Waals surface area contributed by atoms with Crippen molar-refractivity contribution in [3.05, 3.63) is 6.42 Å². The smallest absolute Gasteiger partial charge is 0.306 e. The lowest BCUT2D eigenvalue weighted by Crippen LogP contribution is -2.19. The van der Waals surface area contributed by atoms with Gasteiger partial charge in [0.25, 0.3) is 0 Å². The minimum Gasteiger partial charge on any atom is -0.481 e. The number of carboxylic acids is 2. The number of rotatable bonds is 4. The van der Waals surface area contributed by atoms with E-state index in [9.17, 15) is 9.59 Å². The Morgan fingerprint density at radius 3 is 1.55 bits per heavy atom. The van der Waals surface area contributed by atoms with Gasteiger partial charge in [0.05, 0.1) is 11.8 Å². The fourth-order valence-electron chi connectivity index (χ4n) is 0.598. The van der Waals surface area contributed by atoms with Gasteiger partial charge in [-0.2, -0.15) is 0 Å². The minimum atomic E-state index is -1.00. The topological polar surface area (TPSA) is 74.6 Å². The summed E-state index contributed by atoms with van der Waals surface area (Å²) in [5, 5.41) is 16.8. The molecular formula is C7H11O4. The van der Waals surface area contributed by atoms with Gasteiger partial charge in [0.15, 0.2) is 0 Å². The van der Waals surface area contributed by atoms with Crippen LogP contribution in [0.5, 0.6) is 0 Å². The molecule has 0 saturated carbocycles. The molecule has 11 heavy (non-hydrogen) atoms. The molecule has 2 atom stereocenters. The molecule has 0 aliphatic carbocycles. The predicted octanol–water partition coefficient (Wildman–Crippen LogP) is 0.632. The first-order valence-electron chi connectivity index (χ1n) is 3.25. The molecule has 0 aromatic heterocycles. The molecule has 0 rings (SSSR count). The summed E-state index contributed by atoms with van der Waals surface area (Å²) in [4.78, 5) is 20.5. The summed E-state index contributed by atoms with van der Waals surface area (Å²) in [6.45, 7) is 2.89. The van der Waals surface area contributed by atoms with Crippen LogP contribution < -0.4 is 0 Å². The lowest BCUT2D eigenvalue weighted by Gasteiger charge is -2.08. The lowest BCUT2D eigenvalue weighted by molar-refractivity contribution is -0.142. The van der Waals surface area contributed by atoms with Gasteiger partial charge in [-0.1, -0.05) is 13.8 Å². The summed E-state index contributed by atoms with van der Waals surface area (Å²) >= 11 is 0. The van der Waals surface area contributed by atoms with Crippen molar-refractivity contribution in [3.8, 4) is 0 Å². The average molecular weight is 159 g/mol. The van der Waals surface area contributed by atoms with Crippen molar-refractivity contribution in [2.24, 2.45) is 11.8 Å². The summed E-state index contributed by atoms with van der Waals surface area (Å²) in [6.07, 6.45) is 1.28. The van der Waals surface area contributed by atoms with Crippen LogP contribution in [0.2, 0.25) is 0 Å². The van der Waals surface area contributed by atoms with Gasteiger partial charge in [0.2, 0.25) is 0 Å². The van der Waals surface area contributed by atoms with E-state index in [1.54, 1.807) is 0 Å². The van der Waals surface area contributed by atoms with Crippen LogP contribution in [0.3, 0.4) is 0 Å². The standard InChI is InChI=1S/C7H11O4/c1-4(6(8)9)3-5(2)7(10)11/h3-5H,1-2H3,(H,8,9)(H,10,11). The molecule has 2 unspecified atom stereocenters. The molecule has 1 radical (unpaired) electrons. The number of carboxylic acid groups (broad SMARTS) is 2. The Kier molecular flexibility index (Phi) is 3.57. The number of carbonyl (C=O) groups is 2. The largest absolute Gasteiger partial charge is 0.481 e. The van der Waals surface area contributed by atoms with Crippen molar-refractivity contribution in [1.29, 1.82) is 0 Å². The maximum atomic E-state index is 10.2. The molecule has 0 fully saturated rings. The molecule has 63 valence electrons. The average Bonchev–Trinajstić information content (AvgIpc) is 1.87. The van der Waals surface area contributed by atoms with E-state index in [4.69, 9.17) is 10.2 Å². The second-order valence-electron chi connectivity index (χ2n) is 2.45. The van der Waals surface area contributed by atoms with Gasteiger partial charge < -0.3 is 10.2 Å². The van der Waals surface area contributed by atoms with E-state index >= 15 is 0 Å². The van der Waals surface area contributed by atoms with Gasteiger partial charge in [0, 0.05) is 0 Å². The third kappa shape index (κ3) is 3.60. The number of hydrogen-bond donors (Lipinski definition) is 2. The van der Waals surface area contributed by atoms with Crippen LogP contribution in [0, 0.1) is 18.3 Å². The van der Waals surface area contributed by atoms with Crippen molar-refractivity contribution in [1.82, 2.24) is 0 Å². The van der Waals surface area contributed by atoms with Gasteiger partial charge in [-0.25, -0.2) is 0 Å². The molecule has 0 bridgehead atoms. The van der Waals surface area contributed by atoms with Crippen molar-refractivity contribution < 1.29 is 19.8 Å². The quantitative estimate of drug-likeness (QED) is 0.631. The first-order chi connectivity index (χ1) is 4.95. The summed E-state index contributed by atoms with van der Waals surface area (Å²) in [5.74, 6) is -3.42. The summed E-state index contributed by atoms with van der Waals surface area (Å²) in [5.41, 5.74) is 0. The van der Waals surface area contributed by atoms with Crippen molar-refractivity contribution in [2.45, 2.75) is 13.8 Å². The highest BCUT2D eigenvalue weighted by Crippen LogP contribution is 2.09. The van der Waals surface area contributed by atoms with Crippen molar-refractivity contribution >= 4 is 11.9 Å². The Bertz CT molecular complexity index is 146. The van der Waals surface area contributed by atoms with E-state index in [0.29, 0.717) is 0 Å². The molecule has 0 aromatic rings. The minimum absolute atomic E-state index is 0.707.